The molecule has 2 N–H and O–H groups in total. The molecule has 2 nitrogen and oxygen atoms in total. The minimum Gasteiger partial charge on any atom is -0.391 e. The fourth-order valence-corrected chi connectivity index (χ4v) is 1.91. The van der Waals surface area contributed by atoms with Gasteiger partial charge in [-0.3, -0.25) is 0 Å². The van der Waals surface area contributed by atoms with E-state index in [1.807, 2.05) is 0 Å². The summed E-state index contributed by atoms with van der Waals surface area (Å²) in [6, 6.07) is 0. The quantitative estimate of drug-likeness (QED) is 0.410. The van der Waals surface area contributed by atoms with E-state index in [1.54, 1.807) is 0 Å². The molecule has 0 aromatic rings. The molecule has 2 heteroatoms. The van der Waals surface area contributed by atoms with E-state index in [-0.39, 0.29) is 0 Å². The molecular formula is C20H36N2. The summed E-state index contributed by atoms with van der Waals surface area (Å²) in [4.78, 5) is 0. The zero-order chi connectivity index (χ0) is 17.0. The second-order valence-electron chi connectivity index (χ2n) is 6.40. The van der Waals surface area contributed by atoms with Gasteiger partial charge >= 0.3 is 0 Å². The number of hydrogen-bond acceptors (Lipinski definition) is 2. The first-order valence-corrected chi connectivity index (χ1v) is 8.68. The molecule has 0 amide bonds. The van der Waals surface area contributed by atoms with E-state index in [9.17, 15) is 0 Å². The molecular weight excluding hydrogens is 268 g/mol. The third-order valence-electron chi connectivity index (χ3n) is 3.00. The lowest BCUT2D eigenvalue weighted by molar-refractivity contribution is 0.793. The van der Waals surface area contributed by atoms with Gasteiger partial charge in [0.05, 0.1) is 0 Å². The van der Waals surface area contributed by atoms with Gasteiger partial charge in [-0.05, 0) is 43.3 Å². The van der Waals surface area contributed by atoms with Gasteiger partial charge in [0.1, 0.15) is 0 Å². The van der Waals surface area contributed by atoms with E-state index < -0.39 is 0 Å². The van der Waals surface area contributed by atoms with Crippen LogP contribution in [0.1, 0.15) is 61.3 Å². The molecule has 0 saturated carbocycles. The Morgan fingerprint density at radius 2 is 1.73 bits per heavy atom. The summed E-state index contributed by atoms with van der Waals surface area (Å²) in [5, 5.41) is 6.95. The first-order chi connectivity index (χ1) is 10.4. The maximum atomic E-state index is 3.60. The van der Waals surface area contributed by atoms with Crippen molar-refractivity contribution in [3.05, 3.63) is 47.5 Å². The molecule has 0 fully saturated rings. The lowest BCUT2D eigenvalue weighted by Crippen LogP contribution is -2.16. The summed E-state index contributed by atoms with van der Waals surface area (Å²) in [6.07, 6.45) is 13.2. The van der Waals surface area contributed by atoms with E-state index >= 15 is 0 Å². The molecule has 0 aliphatic carbocycles. The SMILES string of the molecule is CC/C=C(NC(/C=C\C(C)C)=C/C(C)C)/C(C)=C/NCCC. The van der Waals surface area contributed by atoms with Crippen LogP contribution in [0.3, 0.4) is 0 Å². The predicted octanol–water partition coefficient (Wildman–Crippen LogP) is 5.53. The summed E-state index contributed by atoms with van der Waals surface area (Å²) in [5.41, 5.74) is 3.60. The Labute approximate surface area is 138 Å². The maximum Gasteiger partial charge on any atom is 0.0387 e. The van der Waals surface area contributed by atoms with E-state index in [2.05, 4.69) is 89.6 Å². The first kappa shape index (κ1) is 20.6. The molecule has 0 radical (unpaired) electrons. The van der Waals surface area contributed by atoms with Crippen LogP contribution in [0, 0.1) is 11.8 Å². The Bertz CT molecular complexity index is 409. The van der Waals surface area contributed by atoms with Gasteiger partial charge in [-0.2, -0.15) is 0 Å². The summed E-state index contributed by atoms with van der Waals surface area (Å²) in [6.45, 7) is 16.3. The van der Waals surface area contributed by atoms with Gasteiger partial charge in [0.25, 0.3) is 0 Å². The predicted molar refractivity (Wildman–Crippen MR) is 100 cm³/mol. The van der Waals surface area contributed by atoms with Crippen LogP contribution in [0.2, 0.25) is 0 Å². The van der Waals surface area contributed by atoms with Crippen molar-refractivity contribution in [2.75, 3.05) is 6.54 Å². The third-order valence-corrected chi connectivity index (χ3v) is 3.00. The maximum absolute atomic E-state index is 3.60. The van der Waals surface area contributed by atoms with Gasteiger partial charge in [-0.25, -0.2) is 0 Å². The Balaban J connectivity index is 5.16. The highest BCUT2D eigenvalue weighted by atomic mass is 14.9. The van der Waals surface area contributed by atoms with Crippen molar-refractivity contribution in [3.8, 4) is 0 Å². The number of rotatable bonds is 10. The molecule has 0 aliphatic rings. The van der Waals surface area contributed by atoms with Crippen molar-refractivity contribution in [1.29, 1.82) is 0 Å². The first-order valence-electron chi connectivity index (χ1n) is 8.68. The molecule has 0 bridgehead atoms. The molecule has 126 valence electrons. The van der Waals surface area contributed by atoms with Crippen molar-refractivity contribution in [2.45, 2.75) is 61.3 Å². The van der Waals surface area contributed by atoms with Crippen LogP contribution >= 0.6 is 0 Å². The van der Waals surface area contributed by atoms with Crippen LogP contribution in [-0.2, 0) is 0 Å². The van der Waals surface area contributed by atoms with Gasteiger partial charge < -0.3 is 10.6 Å². The smallest absolute Gasteiger partial charge is 0.0387 e. The van der Waals surface area contributed by atoms with Crippen LogP contribution in [-0.4, -0.2) is 6.54 Å². The minimum absolute atomic E-state index is 0.518. The molecule has 0 unspecified atom stereocenters. The molecule has 0 atom stereocenters. The van der Waals surface area contributed by atoms with Crippen LogP contribution in [0.5, 0.6) is 0 Å². The van der Waals surface area contributed by atoms with Crippen LogP contribution in [0.4, 0.5) is 0 Å². The lowest BCUT2D eigenvalue weighted by atomic mass is 10.1. The molecule has 0 aliphatic heterocycles. The Hall–Kier alpha value is -1.44. The molecule has 0 aromatic heterocycles. The summed E-state index contributed by atoms with van der Waals surface area (Å²) in [5.74, 6) is 1.07. The molecule has 0 spiro atoms. The fraction of sp³-hybridized carbons (Fsp3) is 0.600. The van der Waals surface area contributed by atoms with Gasteiger partial charge in [0.2, 0.25) is 0 Å². The van der Waals surface area contributed by atoms with E-state index in [1.165, 1.54) is 17.0 Å². The summed E-state index contributed by atoms with van der Waals surface area (Å²) in [7, 11) is 0. The van der Waals surface area contributed by atoms with Crippen molar-refractivity contribution < 1.29 is 0 Å². The van der Waals surface area contributed by atoms with E-state index in [0.717, 1.165) is 19.4 Å². The molecule has 0 heterocycles. The summed E-state index contributed by atoms with van der Waals surface area (Å²) >= 11 is 0. The van der Waals surface area contributed by atoms with Crippen LogP contribution < -0.4 is 10.6 Å². The lowest BCUT2D eigenvalue weighted by Gasteiger charge is -2.15. The van der Waals surface area contributed by atoms with Gasteiger partial charge in [-0.15, -0.1) is 0 Å². The number of allylic oxidation sites excluding steroid dienone is 5. The van der Waals surface area contributed by atoms with Crippen LogP contribution in [0.15, 0.2) is 47.5 Å². The second-order valence-corrected chi connectivity index (χ2v) is 6.40. The zero-order valence-corrected chi connectivity index (χ0v) is 15.7. The monoisotopic (exact) mass is 304 g/mol. The molecule has 0 aromatic carbocycles. The van der Waals surface area contributed by atoms with Crippen molar-refractivity contribution in [2.24, 2.45) is 11.8 Å². The average molecular weight is 305 g/mol. The van der Waals surface area contributed by atoms with Crippen LogP contribution in [0.25, 0.3) is 0 Å². The highest BCUT2D eigenvalue weighted by Crippen LogP contribution is 2.12. The van der Waals surface area contributed by atoms with Crippen molar-refractivity contribution in [1.82, 2.24) is 10.6 Å². The third kappa shape index (κ3) is 10.3. The molecule has 22 heavy (non-hydrogen) atoms. The normalized spacial score (nSPS) is 14.3. The fourth-order valence-electron chi connectivity index (χ4n) is 1.91. The van der Waals surface area contributed by atoms with Crippen molar-refractivity contribution in [3.63, 3.8) is 0 Å². The average Bonchev–Trinajstić information content (AvgIpc) is 2.43. The molecule has 0 saturated heterocycles. The second kappa shape index (κ2) is 12.1. The van der Waals surface area contributed by atoms with E-state index in [0.29, 0.717) is 11.8 Å². The largest absolute Gasteiger partial charge is 0.391 e. The van der Waals surface area contributed by atoms with Crippen molar-refractivity contribution >= 4 is 0 Å². The number of nitrogens with one attached hydrogen (secondary N) is 2. The number of hydrogen-bond donors (Lipinski definition) is 2. The highest BCUT2D eigenvalue weighted by molar-refractivity contribution is 5.33. The topological polar surface area (TPSA) is 24.1 Å². The summed E-state index contributed by atoms with van der Waals surface area (Å²) < 4.78 is 0. The van der Waals surface area contributed by atoms with Gasteiger partial charge in [0.15, 0.2) is 0 Å². The standard InChI is InChI=1S/C20H36N2/c1-8-10-20(18(7)15-21-13-9-2)22-19(14-17(5)6)12-11-16(3)4/h10-12,14-17,21-22H,8-9,13H2,1-7H3/b12-11-,18-15+,19-14+,20-10-. The Kier molecular flexibility index (Phi) is 11.3. The van der Waals surface area contributed by atoms with Gasteiger partial charge in [0, 0.05) is 24.1 Å². The zero-order valence-electron chi connectivity index (χ0n) is 15.7. The van der Waals surface area contributed by atoms with Gasteiger partial charge in [-0.1, -0.05) is 59.8 Å². The minimum atomic E-state index is 0.518. The highest BCUT2D eigenvalue weighted by Gasteiger charge is 2.02. The van der Waals surface area contributed by atoms with E-state index in [4.69, 9.17) is 0 Å². The Morgan fingerprint density at radius 3 is 2.23 bits per heavy atom. The molecule has 0 rings (SSSR count). The Morgan fingerprint density at radius 1 is 1.05 bits per heavy atom.